The highest BCUT2D eigenvalue weighted by Crippen LogP contribution is 2.28. The number of ether oxygens (including phenoxy) is 1. The first-order chi connectivity index (χ1) is 17.1. The van der Waals surface area contributed by atoms with Crippen LogP contribution in [0.15, 0.2) is 72.9 Å². The van der Waals surface area contributed by atoms with Crippen LogP contribution in [0.25, 0.3) is 23.1 Å². The molecular formula is C27H29N7O. The molecule has 0 bridgehead atoms. The number of fused-ring (bicyclic) bond motifs is 1. The first-order valence-electron chi connectivity index (χ1n) is 11.4. The van der Waals surface area contributed by atoms with Gasteiger partial charge in [0.1, 0.15) is 11.6 Å². The van der Waals surface area contributed by atoms with Crippen LogP contribution >= 0.6 is 0 Å². The van der Waals surface area contributed by atoms with Gasteiger partial charge in [0.15, 0.2) is 11.8 Å². The van der Waals surface area contributed by atoms with Gasteiger partial charge in [-0.05, 0) is 61.0 Å². The third kappa shape index (κ3) is 6.39. The van der Waals surface area contributed by atoms with Gasteiger partial charge >= 0.3 is 0 Å². The zero-order chi connectivity index (χ0) is 24.5. The van der Waals surface area contributed by atoms with E-state index < -0.39 is 0 Å². The fourth-order valence-electron chi connectivity index (χ4n) is 3.68. The maximum Gasteiger partial charge on any atom is 0.194 e. The molecule has 8 nitrogen and oxygen atoms in total. The molecule has 4 N–H and O–H groups in total. The Balaban J connectivity index is 1.57. The van der Waals surface area contributed by atoms with Gasteiger partial charge in [0.25, 0.3) is 0 Å². The topological polar surface area (TPSA) is 113 Å². The van der Waals surface area contributed by atoms with E-state index in [2.05, 4.69) is 27.4 Å². The molecule has 0 aliphatic rings. The maximum absolute atomic E-state index is 8.24. The summed E-state index contributed by atoms with van der Waals surface area (Å²) in [6.45, 7) is 1.95. The summed E-state index contributed by atoms with van der Waals surface area (Å²) in [6, 6.07) is 21.6. The average Bonchev–Trinajstić information content (AvgIpc) is 2.90. The number of benzene rings is 2. The second-order valence-electron chi connectivity index (χ2n) is 7.90. The molecule has 0 unspecified atom stereocenters. The quantitative estimate of drug-likeness (QED) is 0.185. The Morgan fingerprint density at radius 1 is 1.03 bits per heavy atom. The highest BCUT2D eigenvalue weighted by Gasteiger charge is 2.17. The molecular weight excluding hydrogens is 438 g/mol. The Labute approximate surface area is 205 Å². The highest BCUT2D eigenvalue weighted by molar-refractivity contribution is 6.01. The van der Waals surface area contributed by atoms with Crippen molar-refractivity contribution in [1.82, 2.24) is 20.3 Å². The number of rotatable bonds is 10. The van der Waals surface area contributed by atoms with E-state index >= 15 is 0 Å². The smallest absolute Gasteiger partial charge is 0.194 e. The summed E-state index contributed by atoms with van der Waals surface area (Å²) < 4.78 is 5.41. The first kappa shape index (κ1) is 23.8. The van der Waals surface area contributed by atoms with Gasteiger partial charge in [0.05, 0.1) is 18.3 Å². The number of aromatic nitrogens is 3. The summed E-state index contributed by atoms with van der Waals surface area (Å²) in [4.78, 5) is 15.4. The van der Waals surface area contributed by atoms with Crippen molar-refractivity contribution in [1.29, 1.82) is 5.41 Å². The Bertz CT molecular complexity index is 1290. The van der Waals surface area contributed by atoms with Gasteiger partial charge in [-0.15, -0.1) is 0 Å². The lowest BCUT2D eigenvalue weighted by Crippen LogP contribution is -2.42. The third-order valence-corrected chi connectivity index (χ3v) is 5.48. The largest absolute Gasteiger partial charge is 0.497 e. The molecule has 4 aromatic rings. The predicted molar refractivity (Wildman–Crippen MR) is 142 cm³/mol. The second-order valence-corrected chi connectivity index (χ2v) is 7.90. The monoisotopic (exact) mass is 467 g/mol. The van der Waals surface area contributed by atoms with Crippen LogP contribution in [-0.4, -0.2) is 47.7 Å². The summed E-state index contributed by atoms with van der Waals surface area (Å²) in [6.07, 6.45) is 6.33. The van der Waals surface area contributed by atoms with Crippen molar-refractivity contribution in [2.24, 2.45) is 5.73 Å². The second kappa shape index (κ2) is 11.7. The van der Waals surface area contributed by atoms with Crippen LogP contribution in [-0.2, 0) is 6.42 Å². The van der Waals surface area contributed by atoms with Crippen molar-refractivity contribution >= 4 is 34.8 Å². The van der Waals surface area contributed by atoms with Crippen LogP contribution in [0.5, 0.6) is 5.75 Å². The molecule has 2 aromatic carbocycles. The van der Waals surface area contributed by atoms with Gasteiger partial charge in [-0.3, -0.25) is 15.3 Å². The minimum atomic E-state index is -0.0858. The maximum atomic E-state index is 8.24. The highest BCUT2D eigenvalue weighted by atomic mass is 16.5. The summed E-state index contributed by atoms with van der Waals surface area (Å²) >= 11 is 0. The first-order valence-corrected chi connectivity index (χ1v) is 11.4. The number of methoxy groups -OCH3 is 1. The number of anilines is 1. The lowest BCUT2D eigenvalue weighted by Gasteiger charge is -2.23. The molecule has 0 fully saturated rings. The number of hydrogen-bond donors (Lipinski definition) is 3. The van der Waals surface area contributed by atoms with Crippen LogP contribution in [0.3, 0.4) is 0 Å². The summed E-state index contributed by atoms with van der Waals surface area (Å²) in [5.41, 5.74) is 8.83. The molecule has 2 heterocycles. The molecule has 35 heavy (non-hydrogen) atoms. The zero-order valence-electron chi connectivity index (χ0n) is 19.7. The van der Waals surface area contributed by atoms with E-state index in [0.717, 1.165) is 29.6 Å². The van der Waals surface area contributed by atoms with Crippen molar-refractivity contribution < 1.29 is 4.74 Å². The molecule has 2 aromatic heterocycles. The van der Waals surface area contributed by atoms with Crippen LogP contribution in [0.1, 0.15) is 17.1 Å². The molecule has 0 amide bonds. The van der Waals surface area contributed by atoms with Gasteiger partial charge in [0, 0.05) is 24.7 Å². The molecule has 0 atom stereocenters. The number of nitrogens with zero attached hydrogens (tertiary/aromatic N) is 4. The third-order valence-electron chi connectivity index (χ3n) is 5.48. The van der Waals surface area contributed by atoms with Crippen LogP contribution in [0.2, 0.25) is 0 Å². The van der Waals surface area contributed by atoms with Gasteiger partial charge in [-0.2, -0.15) is 0 Å². The Hall–Kier alpha value is -4.30. The molecule has 8 heteroatoms. The number of pyridine rings is 1. The Morgan fingerprint density at radius 2 is 1.86 bits per heavy atom. The molecule has 0 spiro atoms. The normalized spacial score (nSPS) is 11.1. The average molecular weight is 468 g/mol. The summed E-state index contributed by atoms with van der Waals surface area (Å²) in [5.74, 6) is 1.67. The van der Waals surface area contributed by atoms with E-state index in [9.17, 15) is 0 Å². The van der Waals surface area contributed by atoms with Gasteiger partial charge in [-0.25, -0.2) is 9.97 Å². The molecule has 0 aliphatic heterocycles. The number of nitrogens with two attached hydrogens (primary N) is 1. The fraction of sp³-hybridized carbons (Fsp3) is 0.185. The Morgan fingerprint density at radius 3 is 2.60 bits per heavy atom. The van der Waals surface area contributed by atoms with Crippen LogP contribution in [0, 0.1) is 5.41 Å². The van der Waals surface area contributed by atoms with E-state index in [-0.39, 0.29) is 5.96 Å². The fourth-order valence-corrected chi connectivity index (χ4v) is 3.68. The number of hydrogen-bond acceptors (Lipinski definition) is 6. The van der Waals surface area contributed by atoms with Crippen LogP contribution in [0.4, 0.5) is 5.82 Å². The lowest BCUT2D eigenvalue weighted by atomic mass is 10.1. The van der Waals surface area contributed by atoms with Crippen molar-refractivity contribution in [3.63, 3.8) is 0 Å². The van der Waals surface area contributed by atoms with E-state index in [1.54, 1.807) is 18.2 Å². The number of nitrogens with one attached hydrogen (secondary N) is 2. The minimum absolute atomic E-state index is 0.0858. The molecule has 0 saturated heterocycles. The summed E-state index contributed by atoms with van der Waals surface area (Å²) in [7, 11) is 1.62. The molecule has 0 aliphatic carbocycles. The van der Waals surface area contributed by atoms with Crippen molar-refractivity contribution in [2.75, 3.05) is 31.6 Å². The molecule has 178 valence electrons. The van der Waals surface area contributed by atoms with Gasteiger partial charge in [-0.1, -0.05) is 36.4 Å². The van der Waals surface area contributed by atoms with E-state index in [0.29, 0.717) is 30.5 Å². The Kier molecular flexibility index (Phi) is 7.98. The predicted octanol–water partition coefficient (Wildman–Crippen LogP) is 3.74. The standard InChI is InChI=1S/C27H29N7O/c1-35-22-11-12-24-23(19-22)26(33-25(32-24)13-10-21-9-5-6-15-31-21)34(27(28)29)18-17-30-16-14-20-7-3-2-4-8-20/h2-13,15,19,30H,14,16-18H2,1H3,(H3,28,29). The van der Waals surface area contributed by atoms with Crippen molar-refractivity contribution in [3.8, 4) is 5.75 Å². The SMILES string of the molecule is COc1ccc2nc(C=Cc3ccccn3)nc(N(CCNCCc3ccccc3)C(=N)N)c2c1. The summed E-state index contributed by atoms with van der Waals surface area (Å²) in [5, 5.41) is 12.4. The molecule has 0 saturated carbocycles. The van der Waals surface area contributed by atoms with E-state index in [1.165, 1.54) is 5.56 Å². The molecule has 4 rings (SSSR count). The number of guanidine groups is 1. The van der Waals surface area contributed by atoms with E-state index in [4.69, 9.17) is 20.9 Å². The van der Waals surface area contributed by atoms with Crippen molar-refractivity contribution in [2.45, 2.75) is 6.42 Å². The van der Waals surface area contributed by atoms with Gasteiger partial charge < -0.3 is 15.8 Å². The minimum Gasteiger partial charge on any atom is -0.497 e. The zero-order valence-corrected chi connectivity index (χ0v) is 19.7. The van der Waals surface area contributed by atoms with Gasteiger partial charge in [0.2, 0.25) is 0 Å². The van der Waals surface area contributed by atoms with Crippen LogP contribution < -0.4 is 20.7 Å². The molecule has 0 radical (unpaired) electrons. The van der Waals surface area contributed by atoms with Crippen molar-refractivity contribution in [3.05, 3.63) is 90.0 Å². The lowest BCUT2D eigenvalue weighted by molar-refractivity contribution is 0.415. The van der Waals surface area contributed by atoms with E-state index in [1.807, 2.05) is 66.7 Å².